The highest BCUT2D eigenvalue weighted by Gasteiger charge is 2.63. The quantitative estimate of drug-likeness (QED) is 0.0561. The van der Waals surface area contributed by atoms with Crippen LogP contribution in [0, 0.1) is 5.41 Å². The smallest absolute Gasteiger partial charge is 0.292 e. The van der Waals surface area contributed by atoms with Crippen molar-refractivity contribution >= 4 is 39.2 Å². The number of hydrogen-bond acceptors (Lipinski definition) is 7. The summed E-state index contributed by atoms with van der Waals surface area (Å²) >= 11 is 0. The molecule has 0 spiro atoms. The molecular weight excluding hydrogens is 679 g/mol. The molecule has 52 heavy (non-hydrogen) atoms. The third kappa shape index (κ3) is 11.8. The van der Waals surface area contributed by atoms with Gasteiger partial charge in [-0.2, -0.15) is 0 Å². The number of Topliss-reactive ketones (excluding diaryl/α,β-unsaturated/α-hetero) is 1. The lowest BCUT2D eigenvalue weighted by Gasteiger charge is -2.40. The van der Waals surface area contributed by atoms with E-state index in [1.807, 2.05) is 0 Å². The summed E-state index contributed by atoms with van der Waals surface area (Å²) in [5, 5.41) is 2.59. The number of imide groups is 1. The molecule has 2 unspecified atom stereocenters. The molecule has 2 N–H and O–H groups in total. The van der Waals surface area contributed by atoms with E-state index < -0.39 is 50.4 Å². The second kappa shape index (κ2) is 20.7. The van der Waals surface area contributed by atoms with Crippen molar-refractivity contribution in [3.63, 3.8) is 0 Å². The highest BCUT2D eigenvalue weighted by molar-refractivity contribution is 7.89. The predicted octanol–water partition coefficient (Wildman–Crippen LogP) is 8.43. The van der Waals surface area contributed by atoms with Crippen molar-refractivity contribution in [3.8, 4) is 0 Å². The molecule has 3 rings (SSSR count). The number of nitrogens with one attached hydrogen (secondary N) is 2. The lowest BCUT2D eigenvalue weighted by molar-refractivity contribution is -0.172. The van der Waals surface area contributed by atoms with Gasteiger partial charge in [-0.25, -0.2) is 18.0 Å². The standard InChI is InChI=1S/C41H61N3O7S/c1-6-7-8-9-10-11-12-13-14-15-16-17-18-19-21-26-32(2)43-52(49,50)31-40(3,4)38(47)41(51-5,39(48)42-33-27-22-20-23-28-33)44-36(45)34-29-24-25-30-35(34)37(44)46/h20,22-25,27-30,32,43H,6-19,21,26,31H2,1-5H3,(H,42,48). The minimum atomic E-state index is -4.06. The number of carbonyl (C=O) groups excluding carboxylic acids is 4. The largest absolute Gasteiger partial charge is 0.344 e. The molecule has 0 fully saturated rings. The number of fused-ring (bicyclic) bond motifs is 1. The number of amides is 3. The van der Waals surface area contributed by atoms with Crippen LogP contribution in [-0.2, 0) is 24.3 Å². The molecule has 288 valence electrons. The van der Waals surface area contributed by atoms with Gasteiger partial charge < -0.3 is 10.1 Å². The highest BCUT2D eigenvalue weighted by Crippen LogP contribution is 2.37. The number of benzene rings is 2. The van der Waals surface area contributed by atoms with Gasteiger partial charge in [0.15, 0.2) is 0 Å². The maximum absolute atomic E-state index is 14.5. The number of carbonyl (C=O) groups is 4. The average Bonchev–Trinajstić information content (AvgIpc) is 3.36. The maximum atomic E-state index is 14.5. The van der Waals surface area contributed by atoms with Crippen molar-refractivity contribution in [2.24, 2.45) is 5.41 Å². The molecule has 0 aromatic heterocycles. The van der Waals surface area contributed by atoms with Crippen LogP contribution in [0.15, 0.2) is 54.6 Å². The van der Waals surface area contributed by atoms with E-state index >= 15 is 0 Å². The third-order valence-electron chi connectivity index (χ3n) is 9.84. The van der Waals surface area contributed by atoms with E-state index in [2.05, 4.69) is 17.0 Å². The molecule has 10 nitrogen and oxygen atoms in total. The Morgan fingerprint density at radius 2 is 1.17 bits per heavy atom. The number of hydrogen-bond donors (Lipinski definition) is 2. The molecule has 2 aromatic rings. The minimum Gasteiger partial charge on any atom is -0.344 e. The first kappa shape index (κ1) is 43.0. The lowest BCUT2D eigenvalue weighted by Crippen LogP contribution is -2.68. The summed E-state index contributed by atoms with van der Waals surface area (Å²) in [6.07, 6.45) is 19.4. The number of sulfonamides is 1. The van der Waals surface area contributed by atoms with Gasteiger partial charge in [-0.05, 0) is 37.6 Å². The molecule has 0 saturated heterocycles. The zero-order chi connectivity index (χ0) is 38.2. The summed E-state index contributed by atoms with van der Waals surface area (Å²) < 4.78 is 35.3. The first-order chi connectivity index (χ1) is 24.8. The zero-order valence-corrected chi connectivity index (χ0v) is 32.8. The van der Waals surface area contributed by atoms with Crippen LogP contribution in [0.2, 0.25) is 0 Å². The summed E-state index contributed by atoms with van der Waals surface area (Å²) in [4.78, 5) is 56.5. The average molecular weight is 740 g/mol. The Morgan fingerprint density at radius 3 is 1.63 bits per heavy atom. The van der Waals surface area contributed by atoms with Crippen molar-refractivity contribution in [2.75, 3.05) is 18.2 Å². The zero-order valence-electron chi connectivity index (χ0n) is 32.0. The van der Waals surface area contributed by atoms with E-state index in [0.29, 0.717) is 11.3 Å². The van der Waals surface area contributed by atoms with Gasteiger partial charge in [-0.15, -0.1) is 0 Å². The number of ether oxygens (including phenoxy) is 1. The molecule has 0 saturated carbocycles. The Labute approximate surface area is 311 Å². The molecule has 1 aliphatic heterocycles. The number of ketones is 1. The van der Waals surface area contributed by atoms with Crippen molar-refractivity contribution in [2.45, 2.75) is 142 Å². The third-order valence-corrected chi connectivity index (χ3v) is 11.7. The van der Waals surface area contributed by atoms with Crippen LogP contribution in [0.3, 0.4) is 0 Å². The molecular formula is C41H61N3O7S. The Bertz CT molecular complexity index is 1540. The van der Waals surface area contributed by atoms with Gasteiger partial charge in [0.1, 0.15) is 0 Å². The lowest BCUT2D eigenvalue weighted by atomic mass is 9.82. The molecule has 0 aliphatic carbocycles. The van der Waals surface area contributed by atoms with Gasteiger partial charge >= 0.3 is 0 Å². The molecule has 2 atom stereocenters. The fourth-order valence-electron chi connectivity index (χ4n) is 7.02. The normalized spacial score (nSPS) is 15.0. The Balaban J connectivity index is 1.56. The summed E-state index contributed by atoms with van der Waals surface area (Å²) in [7, 11) is -3.01. The van der Waals surface area contributed by atoms with E-state index in [4.69, 9.17) is 4.74 Å². The Hall–Kier alpha value is -3.41. The van der Waals surface area contributed by atoms with E-state index in [9.17, 15) is 27.6 Å². The van der Waals surface area contributed by atoms with Gasteiger partial charge in [0.25, 0.3) is 23.4 Å². The molecule has 0 radical (unpaired) electrons. The number of nitrogens with zero attached hydrogens (tertiary/aromatic N) is 1. The van der Waals surface area contributed by atoms with Crippen molar-refractivity contribution in [1.82, 2.24) is 9.62 Å². The van der Waals surface area contributed by atoms with Crippen LogP contribution < -0.4 is 10.0 Å². The number of rotatable bonds is 26. The van der Waals surface area contributed by atoms with E-state index in [0.717, 1.165) is 26.4 Å². The number of unbranched alkanes of at least 4 members (excludes halogenated alkanes) is 14. The van der Waals surface area contributed by atoms with Gasteiger partial charge in [-0.3, -0.25) is 19.2 Å². The topological polar surface area (TPSA) is 139 Å². The fourth-order valence-corrected chi connectivity index (χ4v) is 8.92. The predicted molar refractivity (Wildman–Crippen MR) is 206 cm³/mol. The van der Waals surface area contributed by atoms with E-state index in [-0.39, 0.29) is 22.9 Å². The van der Waals surface area contributed by atoms with Crippen LogP contribution >= 0.6 is 0 Å². The first-order valence-corrected chi connectivity index (χ1v) is 20.9. The number of para-hydroxylation sites is 1. The van der Waals surface area contributed by atoms with Crippen LogP contribution in [0.25, 0.3) is 0 Å². The molecule has 1 aliphatic rings. The first-order valence-electron chi connectivity index (χ1n) is 19.2. The molecule has 2 aromatic carbocycles. The SMILES string of the molecule is CCCCCCCCCCCCCCCCCC(C)NS(=O)(=O)CC(C)(C)C(=O)C(OC)(C(=O)Nc1ccccc1)N1C(=O)c2ccccc2C1=O. The second-order valence-electron chi connectivity index (χ2n) is 14.9. The molecule has 1 heterocycles. The highest BCUT2D eigenvalue weighted by atomic mass is 32.2. The number of methoxy groups -OCH3 is 1. The Morgan fingerprint density at radius 1 is 0.731 bits per heavy atom. The minimum absolute atomic E-state index is 0.00829. The van der Waals surface area contributed by atoms with E-state index in [1.54, 1.807) is 49.4 Å². The monoisotopic (exact) mass is 739 g/mol. The fraction of sp³-hybridized carbons (Fsp3) is 0.610. The molecule has 3 amide bonds. The van der Waals surface area contributed by atoms with Crippen LogP contribution in [0.1, 0.15) is 151 Å². The van der Waals surface area contributed by atoms with Crippen molar-refractivity contribution in [3.05, 3.63) is 65.7 Å². The van der Waals surface area contributed by atoms with E-state index in [1.165, 1.54) is 103 Å². The van der Waals surface area contributed by atoms with Crippen molar-refractivity contribution in [1.29, 1.82) is 0 Å². The second-order valence-corrected chi connectivity index (χ2v) is 16.6. The van der Waals surface area contributed by atoms with Crippen LogP contribution in [0.4, 0.5) is 5.69 Å². The maximum Gasteiger partial charge on any atom is 0.292 e. The summed E-state index contributed by atoms with van der Waals surface area (Å²) in [5.41, 5.74) is -4.28. The van der Waals surface area contributed by atoms with Crippen molar-refractivity contribution < 1.29 is 32.3 Å². The molecule has 11 heteroatoms. The van der Waals surface area contributed by atoms with Gasteiger partial charge in [0, 0.05) is 24.3 Å². The van der Waals surface area contributed by atoms with Crippen LogP contribution in [0.5, 0.6) is 0 Å². The van der Waals surface area contributed by atoms with Gasteiger partial charge in [0.2, 0.25) is 15.8 Å². The molecule has 0 bridgehead atoms. The Kier molecular flexibility index (Phi) is 17.1. The van der Waals surface area contributed by atoms with Gasteiger partial charge in [-0.1, -0.05) is 147 Å². The van der Waals surface area contributed by atoms with Crippen LogP contribution in [-0.4, -0.2) is 61.5 Å². The summed E-state index contributed by atoms with van der Waals surface area (Å²) in [6, 6.07) is 13.8. The van der Waals surface area contributed by atoms with Gasteiger partial charge in [0.05, 0.1) is 16.9 Å². The summed E-state index contributed by atoms with van der Waals surface area (Å²) in [5.74, 6) is -4.64. The summed E-state index contributed by atoms with van der Waals surface area (Å²) in [6.45, 7) is 6.78. The number of anilines is 1.